The summed E-state index contributed by atoms with van der Waals surface area (Å²) >= 11 is 0. The smallest absolute Gasteiger partial charge is 0.338 e. The van der Waals surface area contributed by atoms with E-state index in [1.165, 1.54) is 6.07 Å². The van der Waals surface area contributed by atoms with Crippen molar-refractivity contribution in [3.8, 4) is 5.75 Å². The van der Waals surface area contributed by atoms with Crippen molar-refractivity contribution >= 4 is 29.2 Å². The monoisotopic (exact) mass is 382 g/mol. The van der Waals surface area contributed by atoms with Crippen molar-refractivity contribution in [2.45, 2.75) is 19.8 Å². The van der Waals surface area contributed by atoms with Gasteiger partial charge >= 0.3 is 5.97 Å². The van der Waals surface area contributed by atoms with Gasteiger partial charge in [-0.3, -0.25) is 9.59 Å². The van der Waals surface area contributed by atoms with Crippen LogP contribution >= 0.6 is 0 Å². The van der Waals surface area contributed by atoms with Gasteiger partial charge in [0.15, 0.2) is 6.61 Å². The largest absolute Gasteiger partial charge is 0.492 e. The Morgan fingerprint density at radius 3 is 2.57 bits per heavy atom. The molecule has 0 spiro atoms. The van der Waals surface area contributed by atoms with Crippen LogP contribution in [-0.2, 0) is 14.3 Å². The molecule has 0 atom stereocenters. The summed E-state index contributed by atoms with van der Waals surface area (Å²) in [5.41, 5.74) is 1.30. The minimum absolute atomic E-state index is 0.0436. The molecule has 1 saturated carbocycles. The SMILES string of the molecule is CCOc1ccccc1NC(=O)COC(=O)c1cccc(NC(=O)C2CC2)c1. The number of rotatable bonds is 8. The highest BCUT2D eigenvalue weighted by molar-refractivity contribution is 5.98. The Morgan fingerprint density at radius 1 is 1.04 bits per heavy atom. The van der Waals surface area contributed by atoms with Gasteiger partial charge in [-0.05, 0) is 50.1 Å². The third-order valence-corrected chi connectivity index (χ3v) is 4.11. The summed E-state index contributed by atoms with van der Waals surface area (Å²) in [6.07, 6.45) is 1.80. The van der Waals surface area contributed by atoms with Crippen molar-refractivity contribution in [3.63, 3.8) is 0 Å². The van der Waals surface area contributed by atoms with Crippen LogP contribution in [-0.4, -0.2) is 31.0 Å². The Morgan fingerprint density at radius 2 is 1.82 bits per heavy atom. The fraction of sp³-hybridized carbons (Fsp3) is 0.286. The maximum absolute atomic E-state index is 12.2. The normalized spacial score (nSPS) is 12.8. The highest BCUT2D eigenvalue weighted by Crippen LogP contribution is 2.30. The van der Waals surface area contributed by atoms with Gasteiger partial charge in [-0.15, -0.1) is 0 Å². The minimum atomic E-state index is -0.643. The predicted molar refractivity (Wildman–Crippen MR) is 104 cm³/mol. The number of esters is 1. The summed E-state index contributed by atoms with van der Waals surface area (Å²) in [6.45, 7) is 1.88. The molecule has 0 aromatic heterocycles. The molecular formula is C21H22N2O5. The van der Waals surface area contributed by atoms with Crippen LogP contribution in [0, 0.1) is 5.92 Å². The number of hydrogen-bond acceptors (Lipinski definition) is 5. The molecule has 2 N–H and O–H groups in total. The summed E-state index contributed by atoms with van der Waals surface area (Å²) in [5.74, 6) is -0.546. The molecule has 2 amide bonds. The summed E-state index contributed by atoms with van der Waals surface area (Å²) in [5, 5.41) is 5.44. The molecule has 3 rings (SSSR count). The van der Waals surface area contributed by atoms with Crippen LogP contribution in [0.2, 0.25) is 0 Å². The van der Waals surface area contributed by atoms with Crippen molar-refractivity contribution in [2.24, 2.45) is 5.92 Å². The van der Waals surface area contributed by atoms with Gasteiger partial charge in [0.05, 0.1) is 17.9 Å². The fourth-order valence-corrected chi connectivity index (χ4v) is 2.57. The van der Waals surface area contributed by atoms with Gasteiger partial charge in [0.2, 0.25) is 5.91 Å². The third-order valence-electron chi connectivity index (χ3n) is 4.11. The molecule has 146 valence electrons. The van der Waals surface area contributed by atoms with E-state index in [1.54, 1.807) is 42.5 Å². The van der Waals surface area contributed by atoms with E-state index in [9.17, 15) is 14.4 Å². The maximum Gasteiger partial charge on any atom is 0.338 e. The van der Waals surface area contributed by atoms with Crippen LogP contribution < -0.4 is 15.4 Å². The number of benzene rings is 2. The summed E-state index contributed by atoms with van der Waals surface area (Å²) in [6, 6.07) is 13.5. The lowest BCUT2D eigenvalue weighted by Gasteiger charge is -2.11. The molecule has 7 heteroatoms. The predicted octanol–water partition coefficient (Wildman–Crippen LogP) is 3.23. The van der Waals surface area contributed by atoms with Crippen LogP contribution in [0.25, 0.3) is 0 Å². The van der Waals surface area contributed by atoms with Gasteiger partial charge in [0.25, 0.3) is 5.91 Å². The first-order valence-electron chi connectivity index (χ1n) is 9.16. The van der Waals surface area contributed by atoms with Crippen molar-refractivity contribution < 1.29 is 23.9 Å². The molecule has 0 radical (unpaired) electrons. The molecule has 1 aliphatic rings. The van der Waals surface area contributed by atoms with Gasteiger partial charge < -0.3 is 20.1 Å². The highest BCUT2D eigenvalue weighted by atomic mass is 16.5. The highest BCUT2D eigenvalue weighted by Gasteiger charge is 2.29. The van der Waals surface area contributed by atoms with E-state index in [2.05, 4.69) is 10.6 Å². The molecule has 0 unspecified atom stereocenters. The van der Waals surface area contributed by atoms with E-state index in [1.807, 2.05) is 6.92 Å². The Labute approximate surface area is 163 Å². The maximum atomic E-state index is 12.2. The number of carbonyl (C=O) groups excluding carboxylic acids is 3. The molecule has 0 heterocycles. The summed E-state index contributed by atoms with van der Waals surface area (Å²) in [4.78, 5) is 36.1. The van der Waals surface area contributed by atoms with Gasteiger partial charge in [-0.2, -0.15) is 0 Å². The third kappa shape index (κ3) is 5.33. The van der Waals surface area contributed by atoms with Crippen LogP contribution in [0.4, 0.5) is 11.4 Å². The number of hydrogen-bond donors (Lipinski definition) is 2. The van der Waals surface area contributed by atoms with Gasteiger partial charge in [0.1, 0.15) is 5.75 Å². The fourth-order valence-electron chi connectivity index (χ4n) is 2.57. The second-order valence-corrected chi connectivity index (χ2v) is 6.40. The van der Waals surface area contributed by atoms with E-state index >= 15 is 0 Å². The van der Waals surface area contributed by atoms with Gasteiger partial charge in [-0.25, -0.2) is 4.79 Å². The minimum Gasteiger partial charge on any atom is -0.492 e. The van der Waals surface area contributed by atoms with Crippen molar-refractivity contribution in [3.05, 3.63) is 54.1 Å². The van der Waals surface area contributed by atoms with E-state index in [4.69, 9.17) is 9.47 Å². The van der Waals surface area contributed by atoms with Crippen molar-refractivity contribution in [1.82, 2.24) is 0 Å². The van der Waals surface area contributed by atoms with Crippen molar-refractivity contribution in [1.29, 1.82) is 0 Å². The van der Waals surface area contributed by atoms with E-state index in [0.29, 0.717) is 23.7 Å². The number of amides is 2. The van der Waals surface area contributed by atoms with Crippen LogP contribution in [0.15, 0.2) is 48.5 Å². The molecule has 0 saturated heterocycles. The van der Waals surface area contributed by atoms with Crippen molar-refractivity contribution in [2.75, 3.05) is 23.8 Å². The number of anilines is 2. The first kappa shape index (κ1) is 19.4. The molecule has 2 aromatic rings. The van der Waals surface area contributed by atoms with Crippen LogP contribution in [0.3, 0.4) is 0 Å². The molecule has 1 aliphatic carbocycles. The molecule has 28 heavy (non-hydrogen) atoms. The molecule has 0 aliphatic heterocycles. The zero-order valence-corrected chi connectivity index (χ0v) is 15.6. The van der Waals surface area contributed by atoms with E-state index in [0.717, 1.165) is 12.8 Å². The lowest BCUT2D eigenvalue weighted by atomic mass is 10.2. The molecular weight excluding hydrogens is 360 g/mol. The Bertz CT molecular complexity index is 877. The number of para-hydroxylation sites is 2. The lowest BCUT2D eigenvalue weighted by molar-refractivity contribution is -0.119. The summed E-state index contributed by atoms with van der Waals surface area (Å²) in [7, 11) is 0. The zero-order chi connectivity index (χ0) is 19.9. The Balaban J connectivity index is 1.53. The molecule has 1 fully saturated rings. The van der Waals surface area contributed by atoms with Crippen LogP contribution in [0.5, 0.6) is 5.75 Å². The second kappa shape index (κ2) is 9.03. The topological polar surface area (TPSA) is 93.7 Å². The van der Waals surface area contributed by atoms with E-state index < -0.39 is 18.5 Å². The van der Waals surface area contributed by atoms with E-state index in [-0.39, 0.29) is 17.4 Å². The second-order valence-electron chi connectivity index (χ2n) is 6.40. The van der Waals surface area contributed by atoms with Crippen LogP contribution in [0.1, 0.15) is 30.1 Å². The zero-order valence-electron chi connectivity index (χ0n) is 15.6. The molecule has 7 nitrogen and oxygen atoms in total. The Kier molecular flexibility index (Phi) is 6.26. The van der Waals surface area contributed by atoms with Gasteiger partial charge in [0, 0.05) is 11.6 Å². The Hall–Kier alpha value is -3.35. The molecule has 0 bridgehead atoms. The number of nitrogens with one attached hydrogen (secondary N) is 2. The standard InChI is InChI=1S/C21H22N2O5/c1-2-27-18-9-4-3-8-17(18)23-19(24)13-28-21(26)15-6-5-7-16(12-15)22-20(25)14-10-11-14/h3-9,12,14H,2,10-11,13H2,1H3,(H,22,25)(H,23,24). The lowest BCUT2D eigenvalue weighted by Crippen LogP contribution is -2.21. The van der Waals surface area contributed by atoms with Gasteiger partial charge in [-0.1, -0.05) is 18.2 Å². The molecule has 2 aromatic carbocycles. The number of carbonyl (C=O) groups is 3. The first-order valence-corrected chi connectivity index (χ1v) is 9.16. The average Bonchev–Trinajstić information content (AvgIpc) is 3.53. The average molecular weight is 382 g/mol. The first-order chi connectivity index (χ1) is 13.6. The quantitative estimate of drug-likeness (QED) is 0.684. The number of ether oxygens (including phenoxy) is 2. The summed E-state index contributed by atoms with van der Waals surface area (Å²) < 4.78 is 10.5.